The van der Waals surface area contributed by atoms with E-state index in [0.29, 0.717) is 19.6 Å². The largest absolute Gasteiger partial charge is 0.465 e. The number of hydrogen-bond donors (Lipinski definition) is 1. The molecule has 1 unspecified atom stereocenters. The van der Waals surface area contributed by atoms with E-state index in [1.807, 2.05) is 0 Å². The number of unbranched alkanes of at least 4 members (excludes halogenated alkanes) is 5. The highest BCUT2D eigenvalue weighted by Crippen LogP contribution is 2.11. The van der Waals surface area contributed by atoms with Crippen molar-refractivity contribution in [2.24, 2.45) is 5.73 Å². The quantitative estimate of drug-likeness (QED) is 0.416. The molecule has 120 valence electrons. The lowest BCUT2D eigenvalue weighted by atomic mass is 9.98. The van der Waals surface area contributed by atoms with Crippen LogP contribution in [0.25, 0.3) is 0 Å². The molecule has 2 N–H and O–H groups in total. The van der Waals surface area contributed by atoms with Gasteiger partial charge in [-0.15, -0.1) is 0 Å². The van der Waals surface area contributed by atoms with Gasteiger partial charge in [0.05, 0.1) is 6.61 Å². The summed E-state index contributed by atoms with van der Waals surface area (Å²) in [5.41, 5.74) is 5.04. The van der Waals surface area contributed by atoms with Crippen LogP contribution in [0.1, 0.15) is 72.1 Å². The second kappa shape index (κ2) is 12.2. The van der Waals surface area contributed by atoms with Gasteiger partial charge in [-0.3, -0.25) is 4.79 Å². The zero-order chi connectivity index (χ0) is 15.3. The van der Waals surface area contributed by atoms with Crippen LogP contribution in [0.5, 0.6) is 0 Å². The molecule has 4 nitrogen and oxygen atoms in total. The first-order valence-electron chi connectivity index (χ1n) is 8.08. The summed E-state index contributed by atoms with van der Waals surface area (Å²) < 4.78 is 10.5. The number of esters is 1. The molecule has 0 bridgehead atoms. The van der Waals surface area contributed by atoms with Crippen LogP contribution in [0.15, 0.2) is 0 Å². The maximum atomic E-state index is 11.6. The molecule has 4 heteroatoms. The monoisotopic (exact) mass is 287 g/mol. The van der Waals surface area contributed by atoms with Crippen molar-refractivity contribution in [3.05, 3.63) is 0 Å². The Hall–Kier alpha value is -0.610. The Bertz CT molecular complexity index is 242. The second-order valence-electron chi connectivity index (χ2n) is 5.62. The van der Waals surface area contributed by atoms with Gasteiger partial charge in [0.25, 0.3) is 0 Å². The van der Waals surface area contributed by atoms with Crippen LogP contribution in [0.3, 0.4) is 0 Å². The maximum Gasteiger partial charge on any atom is 0.325 e. The minimum Gasteiger partial charge on any atom is -0.465 e. The van der Waals surface area contributed by atoms with E-state index >= 15 is 0 Å². The molecular formula is C16H33NO3. The molecule has 0 amide bonds. The van der Waals surface area contributed by atoms with Crippen LogP contribution in [-0.2, 0) is 14.3 Å². The van der Waals surface area contributed by atoms with Gasteiger partial charge in [0, 0.05) is 13.2 Å². The summed E-state index contributed by atoms with van der Waals surface area (Å²) in [5, 5.41) is 0. The van der Waals surface area contributed by atoms with E-state index in [0.717, 1.165) is 19.4 Å². The third kappa shape index (κ3) is 10.2. The van der Waals surface area contributed by atoms with Gasteiger partial charge in [-0.2, -0.15) is 0 Å². The number of hydrogen-bond acceptors (Lipinski definition) is 4. The third-order valence-electron chi connectivity index (χ3n) is 3.37. The predicted octanol–water partition coefficient (Wildman–Crippen LogP) is 3.42. The van der Waals surface area contributed by atoms with Crippen molar-refractivity contribution in [2.45, 2.75) is 77.7 Å². The molecule has 0 heterocycles. The van der Waals surface area contributed by atoms with Crippen molar-refractivity contribution >= 4 is 5.97 Å². The fourth-order valence-electron chi connectivity index (χ4n) is 2.03. The van der Waals surface area contributed by atoms with Gasteiger partial charge in [0.15, 0.2) is 0 Å². The molecule has 0 saturated carbocycles. The SMILES string of the molecule is CCCCCCCCOCCCC(C)(N)C(=O)OCC. The molecule has 0 aliphatic carbocycles. The zero-order valence-electron chi connectivity index (χ0n) is 13.6. The molecule has 0 fully saturated rings. The Kier molecular flexibility index (Phi) is 11.8. The summed E-state index contributed by atoms with van der Waals surface area (Å²) in [6.45, 7) is 7.59. The Balaban J connectivity index is 3.41. The van der Waals surface area contributed by atoms with Gasteiger partial charge in [-0.25, -0.2) is 0 Å². The Morgan fingerprint density at radius 3 is 2.25 bits per heavy atom. The molecular weight excluding hydrogens is 254 g/mol. The lowest BCUT2D eigenvalue weighted by Crippen LogP contribution is -2.46. The van der Waals surface area contributed by atoms with Crippen molar-refractivity contribution in [1.29, 1.82) is 0 Å². The Morgan fingerprint density at radius 2 is 1.60 bits per heavy atom. The molecule has 0 spiro atoms. The number of ether oxygens (including phenoxy) is 2. The molecule has 1 atom stereocenters. The molecule has 0 aromatic rings. The molecule has 20 heavy (non-hydrogen) atoms. The van der Waals surface area contributed by atoms with Crippen molar-refractivity contribution < 1.29 is 14.3 Å². The average Bonchev–Trinajstić information content (AvgIpc) is 2.41. The Labute approximate surface area is 124 Å². The zero-order valence-corrected chi connectivity index (χ0v) is 13.6. The molecule has 0 aliphatic rings. The highest BCUT2D eigenvalue weighted by Gasteiger charge is 2.29. The third-order valence-corrected chi connectivity index (χ3v) is 3.37. The first kappa shape index (κ1) is 19.4. The van der Waals surface area contributed by atoms with E-state index in [-0.39, 0.29) is 5.97 Å². The normalized spacial score (nSPS) is 14.0. The van der Waals surface area contributed by atoms with Gasteiger partial charge < -0.3 is 15.2 Å². The molecule has 0 rings (SSSR count). The van der Waals surface area contributed by atoms with Gasteiger partial charge in [-0.05, 0) is 33.1 Å². The lowest BCUT2D eigenvalue weighted by Gasteiger charge is -2.21. The fraction of sp³-hybridized carbons (Fsp3) is 0.938. The first-order valence-corrected chi connectivity index (χ1v) is 8.08. The summed E-state index contributed by atoms with van der Waals surface area (Å²) >= 11 is 0. The van der Waals surface area contributed by atoms with Gasteiger partial charge in [-0.1, -0.05) is 39.0 Å². The molecule has 0 saturated heterocycles. The second-order valence-corrected chi connectivity index (χ2v) is 5.62. The van der Waals surface area contributed by atoms with Crippen LogP contribution in [-0.4, -0.2) is 31.3 Å². The van der Waals surface area contributed by atoms with Crippen LogP contribution in [0, 0.1) is 0 Å². The van der Waals surface area contributed by atoms with Crippen LogP contribution >= 0.6 is 0 Å². The van der Waals surface area contributed by atoms with Crippen LogP contribution in [0.2, 0.25) is 0 Å². The summed E-state index contributed by atoms with van der Waals surface area (Å²) in [6.07, 6.45) is 9.03. The van der Waals surface area contributed by atoms with E-state index in [1.54, 1.807) is 13.8 Å². The van der Waals surface area contributed by atoms with E-state index in [9.17, 15) is 4.79 Å². The summed E-state index contributed by atoms with van der Waals surface area (Å²) in [7, 11) is 0. The standard InChI is InChI=1S/C16H33NO3/c1-4-6-7-8-9-10-13-19-14-11-12-16(3,17)15(18)20-5-2/h4-14,17H2,1-3H3. The van der Waals surface area contributed by atoms with Crippen molar-refractivity contribution in [3.8, 4) is 0 Å². The number of rotatable bonds is 13. The van der Waals surface area contributed by atoms with Gasteiger partial charge >= 0.3 is 5.97 Å². The summed E-state index contributed by atoms with van der Waals surface area (Å²) in [4.78, 5) is 11.6. The first-order chi connectivity index (χ1) is 9.54. The fourth-order valence-corrected chi connectivity index (χ4v) is 2.03. The van der Waals surface area contributed by atoms with E-state index < -0.39 is 5.54 Å². The molecule has 0 aromatic heterocycles. The van der Waals surface area contributed by atoms with Gasteiger partial charge in [0.2, 0.25) is 0 Å². The minimum absolute atomic E-state index is 0.323. The summed E-state index contributed by atoms with van der Waals surface area (Å²) in [6, 6.07) is 0. The maximum absolute atomic E-state index is 11.6. The molecule has 0 aliphatic heterocycles. The lowest BCUT2D eigenvalue weighted by molar-refractivity contribution is -0.149. The van der Waals surface area contributed by atoms with Crippen molar-refractivity contribution in [1.82, 2.24) is 0 Å². The predicted molar refractivity (Wildman–Crippen MR) is 82.7 cm³/mol. The van der Waals surface area contributed by atoms with Gasteiger partial charge in [0.1, 0.15) is 5.54 Å². The smallest absolute Gasteiger partial charge is 0.325 e. The van der Waals surface area contributed by atoms with E-state index in [1.165, 1.54) is 32.1 Å². The van der Waals surface area contributed by atoms with E-state index in [2.05, 4.69) is 6.92 Å². The highest BCUT2D eigenvalue weighted by atomic mass is 16.5. The molecule has 0 radical (unpaired) electrons. The van der Waals surface area contributed by atoms with Crippen molar-refractivity contribution in [3.63, 3.8) is 0 Å². The molecule has 0 aromatic carbocycles. The topological polar surface area (TPSA) is 61.5 Å². The Morgan fingerprint density at radius 1 is 1.00 bits per heavy atom. The minimum atomic E-state index is -0.889. The summed E-state index contributed by atoms with van der Waals surface area (Å²) in [5.74, 6) is -0.323. The highest BCUT2D eigenvalue weighted by molar-refractivity contribution is 5.79. The average molecular weight is 287 g/mol. The van der Waals surface area contributed by atoms with E-state index in [4.69, 9.17) is 15.2 Å². The number of nitrogens with two attached hydrogens (primary N) is 1. The number of carbonyl (C=O) groups excluding carboxylic acids is 1. The van der Waals surface area contributed by atoms with Crippen LogP contribution in [0.4, 0.5) is 0 Å². The van der Waals surface area contributed by atoms with Crippen LogP contribution < -0.4 is 5.73 Å². The number of carbonyl (C=O) groups is 1. The van der Waals surface area contributed by atoms with Crippen molar-refractivity contribution in [2.75, 3.05) is 19.8 Å².